The van der Waals surface area contributed by atoms with Crippen LogP contribution in [0.5, 0.6) is 0 Å². The van der Waals surface area contributed by atoms with Crippen LogP contribution >= 0.6 is 0 Å². The van der Waals surface area contributed by atoms with Crippen LogP contribution in [0.3, 0.4) is 0 Å². The van der Waals surface area contributed by atoms with Crippen LogP contribution in [0, 0.1) is 6.92 Å². The first-order valence-electron chi connectivity index (χ1n) is 4.56. The third-order valence-electron chi connectivity index (χ3n) is 2.14. The maximum Gasteiger partial charge on any atom is 0.335 e. The number of aromatic carboxylic acids is 1. The molecule has 0 atom stereocenters. The molecule has 0 radical (unpaired) electrons. The molecule has 0 heterocycles. The number of carboxylic acid groups (broad SMARTS) is 1. The second-order valence-electron chi connectivity index (χ2n) is 3.35. The molecule has 86 valence electrons. The molecular formula is C11H12O4S. The normalized spacial score (nSPS) is 11.1. The van der Waals surface area contributed by atoms with Crippen molar-refractivity contribution in [1.82, 2.24) is 0 Å². The summed E-state index contributed by atoms with van der Waals surface area (Å²) in [6.07, 6.45) is 1.27. The second-order valence-corrected chi connectivity index (χ2v) is 5.39. The molecule has 1 N–H and O–H groups in total. The van der Waals surface area contributed by atoms with E-state index in [0.29, 0.717) is 5.56 Å². The van der Waals surface area contributed by atoms with Gasteiger partial charge in [-0.25, -0.2) is 13.2 Å². The van der Waals surface area contributed by atoms with E-state index < -0.39 is 15.8 Å². The number of hydrogen-bond acceptors (Lipinski definition) is 3. The van der Waals surface area contributed by atoms with Gasteiger partial charge in [-0.1, -0.05) is 12.1 Å². The van der Waals surface area contributed by atoms with E-state index in [1.807, 2.05) is 0 Å². The van der Waals surface area contributed by atoms with Gasteiger partial charge in [-0.3, -0.25) is 0 Å². The summed E-state index contributed by atoms with van der Waals surface area (Å²) in [5.41, 5.74) is 0.537. The van der Waals surface area contributed by atoms with Gasteiger partial charge in [0.05, 0.1) is 16.2 Å². The van der Waals surface area contributed by atoms with Crippen molar-refractivity contribution in [2.45, 2.75) is 11.8 Å². The van der Waals surface area contributed by atoms with Crippen LogP contribution in [-0.4, -0.2) is 25.2 Å². The summed E-state index contributed by atoms with van der Waals surface area (Å²) in [5.74, 6) is -1.33. The van der Waals surface area contributed by atoms with Gasteiger partial charge in [0.15, 0.2) is 9.84 Å². The van der Waals surface area contributed by atoms with Gasteiger partial charge in [0.2, 0.25) is 0 Å². The average Bonchev–Trinajstić information content (AvgIpc) is 2.17. The summed E-state index contributed by atoms with van der Waals surface area (Å²) in [4.78, 5) is 10.9. The molecule has 0 aromatic heterocycles. The maximum atomic E-state index is 11.7. The molecule has 1 rings (SSSR count). The molecule has 0 amide bonds. The zero-order chi connectivity index (χ0) is 12.3. The molecule has 0 unspecified atom stereocenters. The largest absolute Gasteiger partial charge is 0.478 e. The van der Waals surface area contributed by atoms with Crippen molar-refractivity contribution >= 4 is 15.8 Å². The summed E-state index contributed by atoms with van der Waals surface area (Å²) >= 11 is 0. The van der Waals surface area contributed by atoms with E-state index in [1.165, 1.54) is 24.3 Å². The first-order chi connectivity index (χ1) is 7.38. The van der Waals surface area contributed by atoms with Crippen molar-refractivity contribution in [2.24, 2.45) is 0 Å². The average molecular weight is 240 g/mol. The Morgan fingerprint density at radius 1 is 1.50 bits per heavy atom. The van der Waals surface area contributed by atoms with E-state index in [1.54, 1.807) is 6.92 Å². The van der Waals surface area contributed by atoms with Gasteiger partial charge in [0.1, 0.15) is 0 Å². The molecule has 0 aliphatic carbocycles. The number of rotatable bonds is 4. The highest BCUT2D eigenvalue weighted by atomic mass is 32.2. The van der Waals surface area contributed by atoms with E-state index in [4.69, 9.17) is 5.11 Å². The summed E-state index contributed by atoms with van der Waals surface area (Å²) < 4.78 is 23.3. The highest BCUT2D eigenvalue weighted by Crippen LogP contribution is 2.17. The van der Waals surface area contributed by atoms with Crippen LogP contribution in [-0.2, 0) is 9.84 Å². The molecule has 0 aliphatic rings. The third kappa shape index (κ3) is 2.49. The number of benzene rings is 1. The highest BCUT2D eigenvalue weighted by molar-refractivity contribution is 7.91. The molecule has 1 aromatic rings. The van der Waals surface area contributed by atoms with Crippen molar-refractivity contribution in [3.8, 4) is 0 Å². The number of hydrogen-bond donors (Lipinski definition) is 1. The lowest BCUT2D eigenvalue weighted by Gasteiger charge is -2.05. The Morgan fingerprint density at radius 2 is 2.12 bits per heavy atom. The monoisotopic (exact) mass is 240 g/mol. The summed E-state index contributed by atoms with van der Waals surface area (Å²) in [6.45, 7) is 4.97. The predicted octanol–water partition coefficient (Wildman–Crippen LogP) is 1.65. The van der Waals surface area contributed by atoms with Crippen LogP contribution in [0.4, 0.5) is 0 Å². The SMILES string of the molecule is C=CCS(=O)(=O)c1ccc(C)c(C(=O)O)c1. The van der Waals surface area contributed by atoms with Crippen molar-refractivity contribution in [2.75, 3.05) is 5.75 Å². The number of aryl methyl sites for hydroxylation is 1. The predicted molar refractivity (Wildman–Crippen MR) is 60.4 cm³/mol. The molecule has 0 aliphatic heterocycles. The van der Waals surface area contributed by atoms with Crippen molar-refractivity contribution in [1.29, 1.82) is 0 Å². The first-order valence-corrected chi connectivity index (χ1v) is 6.21. The minimum absolute atomic E-state index is 0.00476. The Morgan fingerprint density at radius 3 is 2.62 bits per heavy atom. The van der Waals surface area contributed by atoms with Crippen LogP contribution in [0.1, 0.15) is 15.9 Å². The Bertz CT molecular complexity index is 529. The van der Waals surface area contributed by atoms with Crippen LogP contribution in [0.2, 0.25) is 0 Å². The van der Waals surface area contributed by atoms with Gasteiger partial charge in [-0.05, 0) is 24.6 Å². The molecule has 0 saturated heterocycles. The van der Waals surface area contributed by atoms with E-state index in [2.05, 4.69) is 6.58 Å². The van der Waals surface area contributed by atoms with Gasteiger partial charge >= 0.3 is 5.97 Å². The van der Waals surface area contributed by atoms with E-state index in [9.17, 15) is 13.2 Å². The quantitative estimate of drug-likeness (QED) is 0.812. The summed E-state index contributed by atoms with van der Waals surface area (Å²) in [6, 6.07) is 4.07. The highest BCUT2D eigenvalue weighted by Gasteiger charge is 2.16. The van der Waals surface area contributed by atoms with Gasteiger partial charge in [-0.15, -0.1) is 6.58 Å². The van der Waals surface area contributed by atoms with Crippen LogP contribution < -0.4 is 0 Å². The Balaban J connectivity index is 3.33. The second kappa shape index (κ2) is 4.49. The lowest BCUT2D eigenvalue weighted by atomic mass is 10.1. The van der Waals surface area contributed by atoms with Crippen molar-refractivity contribution < 1.29 is 18.3 Å². The summed E-state index contributed by atoms with van der Waals surface area (Å²) in [7, 11) is -3.46. The van der Waals surface area contributed by atoms with Crippen LogP contribution in [0.25, 0.3) is 0 Å². The fraction of sp³-hybridized carbons (Fsp3) is 0.182. The van der Waals surface area contributed by atoms with Crippen molar-refractivity contribution in [3.63, 3.8) is 0 Å². The number of carbonyl (C=O) groups is 1. The lowest BCUT2D eigenvalue weighted by Crippen LogP contribution is -2.07. The molecule has 0 saturated carbocycles. The van der Waals surface area contributed by atoms with E-state index >= 15 is 0 Å². The molecule has 1 aromatic carbocycles. The Kier molecular flexibility index (Phi) is 3.49. The summed E-state index contributed by atoms with van der Waals surface area (Å²) in [5, 5.41) is 8.87. The Hall–Kier alpha value is -1.62. The van der Waals surface area contributed by atoms with Gasteiger partial charge < -0.3 is 5.11 Å². The van der Waals surface area contributed by atoms with Gasteiger partial charge in [0, 0.05) is 0 Å². The zero-order valence-electron chi connectivity index (χ0n) is 8.80. The smallest absolute Gasteiger partial charge is 0.335 e. The van der Waals surface area contributed by atoms with E-state index in [-0.39, 0.29) is 16.2 Å². The number of sulfone groups is 1. The number of carboxylic acids is 1. The molecule has 0 bridgehead atoms. The first kappa shape index (κ1) is 12.4. The zero-order valence-corrected chi connectivity index (χ0v) is 9.62. The van der Waals surface area contributed by atoms with E-state index in [0.717, 1.165) is 0 Å². The van der Waals surface area contributed by atoms with Crippen LogP contribution in [0.15, 0.2) is 35.7 Å². The topological polar surface area (TPSA) is 71.4 Å². The molecule has 0 spiro atoms. The molecule has 5 heteroatoms. The fourth-order valence-electron chi connectivity index (χ4n) is 1.28. The maximum absolute atomic E-state index is 11.7. The fourth-order valence-corrected chi connectivity index (χ4v) is 2.35. The lowest BCUT2D eigenvalue weighted by molar-refractivity contribution is 0.0696. The minimum Gasteiger partial charge on any atom is -0.478 e. The van der Waals surface area contributed by atoms with Gasteiger partial charge in [-0.2, -0.15) is 0 Å². The van der Waals surface area contributed by atoms with Gasteiger partial charge in [0.25, 0.3) is 0 Å². The van der Waals surface area contributed by atoms with Crippen molar-refractivity contribution in [3.05, 3.63) is 42.0 Å². The molecule has 0 fully saturated rings. The molecular weight excluding hydrogens is 228 g/mol. The minimum atomic E-state index is -3.46. The third-order valence-corrected chi connectivity index (χ3v) is 3.78. The molecule has 16 heavy (non-hydrogen) atoms. The Labute approximate surface area is 94.1 Å². The standard InChI is InChI=1S/C11H12O4S/c1-3-6-16(14,15)9-5-4-8(2)10(7-9)11(12)13/h3-5,7H,1,6H2,2H3,(H,12,13). The molecule has 4 nitrogen and oxygen atoms in total.